The van der Waals surface area contributed by atoms with E-state index in [9.17, 15) is 13.6 Å². The van der Waals surface area contributed by atoms with Gasteiger partial charge in [0.15, 0.2) is 11.0 Å². The highest BCUT2D eigenvalue weighted by atomic mass is 35.5. The number of ether oxygens (including phenoxy) is 1. The summed E-state index contributed by atoms with van der Waals surface area (Å²) in [5.41, 5.74) is 0.184. The van der Waals surface area contributed by atoms with Crippen LogP contribution in [0.2, 0.25) is 15.2 Å². The van der Waals surface area contributed by atoms with Crippen LogP contribution in [0.3, 0.4) is 0 Å². The van der Waals surface area contributed by atoms with E-state index in [1.165, 1.54) is 29.3 Å². The quantitative estimate of drug-likeness (QED) is 0.542. The lowest BCUT2D eigenvalue weighted by molar-refractivity contribution is -0.0230. The van der Waals surface area contributed by atoms with Gasteiger partial charge in [0.05, 0.1) is 23.7 Å². The number of rotatable bonds is 2. The number of amides is 1. The Morgan fingerprint density at radius 3 is 2.76 bits per heavy atom. The van der Waals surface area contributed by atoms with Gasteiger partial charge in [0, 0.05) is 23.3 Å². The average Bonchev–Trinajstić information content (AvgIpc) is 2.60. The highest BCUT2D eigenvalue weighted by Gasteiger charge is 2.29. The molecule has 0 unspecified atom stereocenters. The Hall–Kier alpha value is -1.47. The summed E-state index contributed by atoms with van der Waals surface area (Å²) in [5, 5.41) is -0.256. The van der Waals surface area contributed by atoms with Gasteiger partial charge in [0.1, 0.15) is 11.9 Å². The van der Waals surface area contributed by atoms with Crippen molar-refractivity contribution in [1.29, 1.82) is 0 Å². The van der Waals surface area contributed by atoms with Gasteiger partial charge < -0.3 is 9.64 Å². The minimum absolute atomic E-state index is 0.0823. The summed E-state index contributed by atoms with van der Waals surface area (Å²) in [6.45, 7) is 0.527. The first-order chi connectivity index (χ1) is 11.9. The maximum atomic E-state index is 14.0. The zero-order chi connectivity index (χ0) is 18.1. The Bertz CT molecular complexity index is 835. The topological polar surface area (TPSA) is 42.4 Å². The summed E-state index contributed by atoms with van der Waals surface area (Å²) < 4.78 is 33.4. The third-order valence-corrected chi connectivity index (χ3v) is 4.70. The molecule has 0 saturated carbocycles. The predicted octanol–water partition coefficient (Wildman–Crippen LogP) is 4.53. The zero-order valence-electron chi connectivity index (χ0n) is 12.6. The second-order valence-corrected chi connectivity index (χ2v) is 6.53. The number of benzene rings is 1. The van der Waals surface area contributed by atoms with Crippen LogP contribution in [0.4, 0.5) is 8.78 Å². The summed E-state index contributed by atoms with van der Waals surface area (Å²) >= 11 is 17.4. The first-order valence-electron chi connectivity index (χ1n) is 7.23. The molecule has 3 rings (SSSR count). The summed E-state index contributed by atoms with van der Waals surface area (Å²) in [5.74, 6) is -2.08. The van der Waals surface area contributed by atoms with Crippen molar-refractivity contribution in [1.82, 2.24) is 9.88 Å². The van der Waals surface area contributed by atoms with Crippen molar-refractivity contribution in [3.8, 4) is 0 Å². The molecule has 2 aromatic rings. The maximum Gasteiger partial charge on any atom is 0.257 e. The van der Waals surface area contributed by atoms with Gasteiger partial charge in [-0.3, -0.25) is 4.79 Å². The zero-order valence-corrected chi connectivity index (χ0v) is 14.9. The molecule has 0 aliphatic carbocycles. The van der Waals surface area contributed by atoms with Crippen LogP contribution < -0.4 is 0 Å². The molecule has 1 atom stereocenters. The molecule has 0 radical (unpaired) electrons. The van der Waals surface area contributed by atoms with Crippen molar-refractivity contribution in [2.75, 3.05) is 19.7 Å². The Kier molecular flexibility index (Phi) is 5.43. The molecule has 0 spiro atoms. The van der Waals surface area contributed by atoms with E-state index in [1.54, 1.807) is 0 Å². The molecule has 1 aliphatic rings. The predicted molar refractivity (Wildman–Crippen MR) is 90.2 cm³/mol. The molecule has 1 aromatic carbocycles. The minimum atomic E-state index is -0.882. The van der Waals surface area contributed by atoms with Crippen LogP contribution in [-0.2, 0) is 4.74 Å². The van der Waals surface area contributed by atoms with E-state index in [0.717, 1.165) is 0 Å². The summed E-state index contributed by atoms with van der Waals surface area (Å²) in [4.78, 5) is 17.5. The van der Waals surface area contributed by atoms with Gasteiger partial charge in [-0.1, -0.05) is 34.8 Å². The molecule has 132 valence electrons. The number of aromatic nitrogens is 1. The lowest BCUT2D eigenvalue weighted by Crippen LogP contribution is -2.42. The highest BCUT2D eigenvalue weighted by Crippen LogP contribution is 2.33. The van der Waals surface area contributed by atoms with E-state index in [2.05, 4.69) is 4.98 Å². The molecule has 1 amide bonds. The molecule has 9 heteroatoms. The van der Waals surface area contributed by atoms with E-state index < -0.39 is 23.6 Å². The van der Waals surface area contributed by atoms with Crippen molar-refractivity contribution < 1.29 is 18.3 Å². The Labute approximate surface area is 157 Å². The fourth-order valence-electron chi connectivity index (χ4n) is 2.56. The summed E-state index contributed by atoms with van der Waals surface area (Å²) in [7, 11) is 0. The maximum absolute atomic E-state index is 14.0. The Morgan fingerprint density at radius 1 is 1.24 bits per heavy atom. The molecular formula is C16H11Cl3F2N2O2. The number of morpholine rings is 1. The van der Waals surface area contributed by atoms with Crippen molar-refractivity contribution in [3.05, 3.63) is 62.4 Å². The number of hydrogen-bond acceptors (Lipinski definition) is 3. The van der Waals surface area contributed by atoms with Gasteiger partial charge in [-0.25, -0.2) is 13.8 Å². The Morgan fingerprint density at radius 2 is 2.00 bits per heavy atom. The van der Waals surface area contributed by atoms with Gasteiger partial charge in [-0.2, -0.15) is 0 Å². The average molecular weight is 408 g/mol. The highest BCUT2D eigenvalue weighted by molar-refractivity contribution is 6.35. The molecule has 1 saturated heterocycles. The van der Waals surface area contributed by atoms with Gasteiger partial charge >= 0.3 is 0 Å². The third-order valence-electron chi connectivity index (χ3n) is 3.82. The van der Waals surface area contributed by atoms with Crippen LogP contribution in [-0.4, -0.2) is 35.5 Å². The number of halogens is 5. The van der Waals surface area contributed by atoms with E-state index in [4.69, 9.17) is 39.5 Å². The van der Waals surface area contributed by atoms with Crippen LogP contribution in [0, 0.1) is 11.6 Å². The first-order valence-corrected chi connectivity index (χ1v) is 8.37. The molecule has 25 heavy (non-hydrogen) atoms. The van der Waals surface area contributed by atoms with Gasteiger partial charge in [-0.05, 0) is 18.2 Å². The first kappa shape index (κ1) is 18.3. The lowest BCUT2D eigenvalue weighted by atomic mass is 10.1. The van der Waals surface area contributed by atoms with E-state index >= 15 is 0 Å². The summed E-state index contributed by atoms with van der Waals surface area (Å²) in [6, 6.07) is 3.70. The van der Waals surface area contributed by atoms with Crippen LogP contribution >= 0.6 is 34.8 Å². The number of carbonyl (C=O) groups excluding carboxylic acids is 1. The number of nitrogens with zero attached hydrogens (tertiary/aromatic N) is 2. The standard InChI is InChI=1S/C16H11Cl3F2N2O2/c17-10-6-11(18)12(20)5-9(10)13-7-23(3-4-25-13)16(24)8-1-2-22-15(19)14(8)21/h1-2,5-6,13H,3-4,7H2/t13-/m0/s1. The Balaban J connectivity index is 1.85. The number of pyridine rings is 1. The fraction of sp³-hybridized carbons (Fsp3) is 0.250. The van der Waals surface area contributed by atoms with Crippen molar-refractivity contribution in [3.63, 3.8) is 0 Å². The number of hydrogen-bond donors (Lipinski definition) is 0. The number of carbonyl (C=O) groups is 1. The van der Waals surface area contributed by atoms with Crippen molar-refractivity contribution in [2.45, 2.75) is 6.10 Å². The van der Waals surface area contributed by atoms with Crippen LogP contribution in [0.1, 0.15) is 22.0 Å². The molecule has 0 bridgehead atoms. The van der Waals surface area contributed by atoms with Crippen molar-refractivity contribution in [2.24, 2.45) is 0 Å². The fourth-order valence-corrected chi connectivity index (χ4v) is 3.22. The van der Waals surface area contributed by atoms with Gasteiger partial charge in [0.25, 0.3) is 5.91 Å². The molecule has 1 aromatic heterocycles. The summed E-state index contributed by atoms with van der Waals surface area (Å²) in [6.07, 6.45) is 0.597. The molecule has 2 heterocycles. The molecule has 1 fully saturated rings. The second kappa shape index (κ2) is 7.41. The SMILES string of the molecule is O=C(c1ccnc(Cl)c1F)N1CCO[C@H](c2cc(F)c(Cl)cc2Cl)C1. The smallest absolute Gasteiger partial charge is 0.257 e. The lowest BCUT2D eigenvalue weighted by Gasteiger charge is -2.33. The normalized spacial score (nSPS) is 17.6. The van der Waals surface area contributed by atoms with Crippen molar-refractivity contribution >= 4 is 40.7 Å². The molecule has 1 aliphatic heterocycles. The van der Waals surface area contributed by atoms with E-state index in [1.807, 2.05) is 0 Å². The van der Waals surface area contributed by atoms with Crippen LogP contribution in [0.15, 0.2) is 24.4 Å². The van der Waals surface area contributed by atoms with E-state index in [-0.39, 0.29) is 40.5 Å². The largest absolute Gasteiger partial charge is 0.370 e. The molecule has 0 N–H and O–H groups in total. The third kappa shape index (κ3) is 3.72. The molecular weight excluding hydrogens is 397 g/mol. The van der Waals surface area contributed by atoms with Gasteiger partial charge in [0.2, 0.25) is 0 Å². The second-order valence-electron chi connectivity index (χ2n) is 5.36. The van der Waals surface area contributed by atoms with Gasteiger partial charge in [-0.15, -0.1) is 0 Å². The minimum Gasteiger partial charge on any atom is -0.370 e. The van der Waals surface area contributed by atoms with Crippen LogP contribution in [0.25, 0.3) is 0 Å². The van der Waals surface area contributed by atoms with E-state index in [0.29, 0.717) is 5.56 Å². The monoisotopic (exact) mass is 406 g/mol. The molecule has 4 nitrogen and oxygen atoms in total. The van der Waals surface area contributed by atoms with Crippen LogP contribution in [0.5, 0.6) is 0 Å².